The SMILES string of the molecule is Cc1c(O)c2ccccc2n(-c2ccccc2F)c1=O. The Hall–Kier alpha value is -2.62. The van der Waals surface area contributed by atoms with E-state index >= 15 is 0 Å². The van der Waals surface area contributed by atoms with Crippen molar-refractivity contribution in [2.24, 2.45) is 0 Å². The Morgan fingerprint density at radius 3 is 2.45 bits per heavy atom. The number of nitrogens with zero attached hydrogens (tertiary/aromatic N) is 1. The van der Waals surface area contributed by atoms with Crippen LogP contribution in [0, 0.1) is 12.7 Å². The van der Waals surface area contributed by atoms with Crippen LogP contribution in [0.15, 0.2) is 53.3 Å². The summed E-state index contributed by atoms with van der Waals surface area (Å²) in [5, 5.41) is 10.6. The minimum Gasteiger partial charge on any atom is -0.507 e. The molecule has 0 atom stereocenters. The van der Waals surface area contributed by atoms with Crippen LogP contribution in [0.3, 0.4) is 0 Å². The maximum Gasteiger partial charge on any atom is 0.262 e. The highest BCUT2D eigenvalue weighted by atomic mass is 19.1. The first-order valence-corrected chi connectivity index (χ1v) is 6.19. The maximum atomic E-state index is 14.0. The van der Waals surface area contributed by atoms with E-state index in [1.54, 1.807) is 42.5 Å². The average molecular weight is 269 g/mol. The summed E-state index contributed by atoms with van der Waals surface area (Å²) in [6.45, 7) is 1.53. The minimum atomic E-state index is -0.482. The fourth-order valence-corrected chi connectivity index (χ4v) is 2.32. The normalized spacial score (nSPS) is 10.9. The molecule has 3 aromatic rings. The van der Waals surface area contributed by atoms with Gasteiger partial charge >= 0.3 is 0 Å². The number of fused-ring (bicyclic) bond motifs is 1. The number of aromatic hydroxyl groups is 1. The van der Waals surface area contributed by atoms with E-state index in [4.69, 9.17) is 0 Å². The number of aromatic nitrogens is 1. The molecule has 0 saturated carbocycles. The topological polar surface area (TPSA) is 42.2 Å². The second-order valence-electron chi connectivity index (χ2n) is 4.58. The monoisotopic (exact) mass is 269 g/mol. The van der Waals surface area contributed by atoms with Gasteiger partial charge in [0.15, 0.2) is 0 Å². The average Bonchev–Trinajstić information content (AvgIpc) is 2.47. The molecule has 3 rings (SSSR count). The molecule has 1 N–H and O–H groups in total. The highest BCUT2D eigenvalue weighted by Gasteiger charge is 2.15. The van der Waals surface area contributed by atoms with Crippen LogP contribution >= 0.6 is 0 Å². The summed E-state index contributed by atoms with van der Waals surface area (Å²) in [5.74, 6) is -0.539. The van der Waals surface area contributed by atoms with E-state index in [1.807, 2.05) is 0 Å². The summed E-state index contributed by atoms with van der Waals surface area (Å²) in [5.41, 5.74) is 0.431. The molecule has 0 aliphatic heterocycles. The summed E-state index contributed by atoms with van der Waals surface area (Å²) < 4.78 is 15.3. The Labute approximate surface area is 114 Å². The second kappa shape index (κ2) is 4.49. The van der Waals surface area contributed by atoms with Crippen molar-refractivity contribution >= 4 is 10.9 Å². The summed E-state index contributed by atoms with van der Waals surface area (Å²) in [7, 11) is 0. The molecule has 0 spiro atoms. The molecule has 0 aliphatic carbocycles. The van der Waals surface area contributed by atoms with Gasteiger partial charge in [-0.3, -0.25) is 9.36 Å². The molecule has 0 bridgehead atoms. The van der Waals surface area contributed by atoms with Crippen LogP contribution in [-0.4, -0.2) is 9.67 Å². The smallest absolute Gasteiger partial charge is 0.262 e. The van der Waals surface area contributed by atoms with Gasteiger partial charge in [0.25, 0.3) is 5.56 Å². The van der Waals surface area contributed by atoms with E-state index in [0.29, 0.717) is 10.9 Å². The molecule has 4 heteroatoms. The molecular weight excluding hydrogens is 257 g/mol. The largest absolute Gasteiger partial charge is 0.507 e. The van der Waals surface area contributed by atoms with Crippen molar-refractivity contribution in [1.82, 2.24) is 4.57 Å². The Kier molecular flexibility index (Phi) is 2.79. The molecular formula is C16H12FNO2. The van der Waals surface area contributed by atoms with E-state index in [-0.39, 0.29) is 17.0 Å². The Bertz CT molecular complexity index is 868. The number of hydrogen-bond donors (Lipinski definition) is 1. The van der Waals surface area contributed by atoms with E-state index < -0.39 is 11.4 Å². The standard InChI is InChI=1S/C16H12FNO2/c1-10-15(19)11-6-2-4-8-13(11)18(16(10)20)14-9-5-3-7-12(14)17/h2-9,19H,1H3. The lowest BCUT2D eigenvalue weighted by Gasteiger charge is -2.13. The molecule has 1 aromatic heterocycles. The predicted octanol–water partition coefficient (Wildman–Crippen LogP) is 3.14. The van der Waals surface area contributed by atoms with E-state index in [0.717, 1.165) is 0 Å². The lowest BCUT2D eigenvalue weighted by atomic mass is 10.1. The van der Waals surface area contributed by atoms with Gasteiger partial charge in [0.05, 0.1) is 16.8 Å². The minimum absolute atomic E-state index is 0.0572. The molecule has 3 nitrogen and oxygen atoms in total. The van der Waals surface area contributed by atoms with Crippen LogP contribution in [0.1, 0.15) is 5.56 Å². The fraction of sp³-hybridized carbons (Fsp3) is 0.0625. The Morgan fingerprint density at radius 1 is 1.05 bits per heavy atom. The van der Waals surface area contributed by atoms with Gasteiger partial charge < -0.3 is 5.11 Å². The van der Waals surface area contributed by atoms with Crippen molar-refractivity contribution in [3.05, 3.63) is 70.3 Å². The zero-order chi connectivity index (χ0) is 14.3. The third-order valence-electron chi connectivity index (χ3n) is 3.37. The van der Waals surface area contributed by atoms with E-state index in [1.165, 1.54) is 17.6 Å². The summed E-state index contributed by atoms with van der Waals surface area (Å²) in [6, 6.07) is 13.0. The van der Waals surface area contributed by atoms with Gasteiger partial charge in [-0.1, -0.05) is 24.3 Å². The fourth-order valence-electron chi connectivity index (χ4n) is 2.32. The van der Waals surface area contributed by atoms with Gasteiger partial charge in [-0.05, 0) is 31.2 Å². The molecule has 0 saturated heterocycles. The van der Waals surface area contributed by atoms with Crippen molar-refractivity contribution < 1.29 is 9.50 Å². The van der Waals surface area contributed by atoms with Crippen molar-refractivity contribution in [3.8, 4) is 11.4 Å². The van der Waals surface area contributed by atoms with Gasteiger partial charge in [-0.25, -0.2) is 4.39 Å². The Morgan fingerprint density at radius 2 is 1.70 bits per heavy atom. The van der Waals surface area contributed by atoms with Gasteiger partial charge in [0.2, 0.25) is 0 Å². The van der Waals surface area contributed by atoms with Crippen molar-refractivity contribution in [2.75, 3.05) is 0 Å². The van der Waals surface area contributed by atoms with Gasteiger partial charge in [-0.15, -0.1) is 0 Å². The molecule has 2 aromatic carbocycles. The summed E-state index contributed by atoms with van der Waals surface area (Å²) in [6.07, 6.45) is 0. The van der Waals surface area contributed by atoms with Crippen molar-refractivity contribution in [2.45, 2.75) is 6.92 Å². The van der Waals surface area contributed by atoms with Crippen LogP contribution in [0.25, 0.3) is 16.6 Å². The second-order valence-corrected chi connectivity index (χ2v) is 4.58. The Balaban J connectivity index is 2.54. The lowest BCUT2D eigenvalue weighted by Crippen LogP contribution is -2.22. The number of hydrogen-bond acceptors (Lipinski definition) is 2. The van der Waals surface area contributed by atoms with Crippen LogP contribution in [0.2, 0.25) is 0 Å². The van der Waals surface area contributed by atoms with Crippen molar-refractivity contribution in [1.29, 1.82) is 0 Å². The highest BCUT2D eigenvalue weighted by molar-refractivity contribution is 5.87. The van der Waals surface area contributed by atoms with Crippen LogP contribution < -0.4 is 5.56 Å². The highest BCUT2D eigenvalue weighted by Crippen LogP contribution is 2.27. The first-order valence-electron chi connectivity index (χ1n) is 6.19. The zero-order valence-electron chi connectivity index (χ0n) is 10.8. The number of halogens is 1. The first kappa shape index (κ1) is 12.4. The molecule has 20 heavy (non-hydrogen) atoms. The molecule has 0 aliphatic rings. The molecule has 0 unspecified atom stereocenters. The zero-order valence-corrected chi connectivity index (χ0v) is 10.8. The summed E-state index contributed by atoms with van der Waals surface area (Å²) in [4.78, 5) is 12.4. The molecule has 0 radical (unpaired) electrons. The van der Waals surface area contributed by atoms with Gasteiger partial charge in [-0.2, -0.15) is 0 Å². The van der Waals surface area contributed by atoms with E-state index in [2.05, 4.69) is 0 Å². The maximum absolute atomic E-state index is 14.0. The van der Waals surface area contributed by atoms with Crippen LogP contribution in [-0.2, 0) is 0 Å². The third kappa shape index (κ3) is 1.69. The predicted molar refractivity (Wildman–Crippen MR) is 75.9 cm³/mol. The van der Waals surface area contributed by atoms with E-state index in [9.17, 15) is 14.3 Å². The van der Waals surface area contributed by atoms with Crippen LogP contribution in [0.4, 0.5) is 4.39 Å². The number of pyridine rings is 1. The van der Waals surface area contributed by atoms with Gasteiger partial charge in [0.1, 0.15) is 11.6 Å². The quantitative estimate of drug-likeness (QED) is 0.737. The molecule has 0 amide bonds. The number of benzene rings is 2. The summed E-state index contributed by atoms with van der Waals surface area (Å²) >= 11 is 0. The molecule has 100 valence electrons. The molecule has 1 heterocycles. The first-order chi connectivity index (χ1) is 9.61. The number of para-hydroxylation sites is 2. The van der Waals surface area contributed by atoms with Gasteiger partial charge in [0, 0.05) is 5.39 Å². The number of rotatable bonds is 1. The lowest BCUT2D eigenvalue weighted by molar-refractivity contribution is 0.475. The molecule has 0 fully saturated rings. The van der Waals surface area contributed by atoms with Crippen molar-refractivity contribution in [3.63, 3.8) is 0 Å². The van der Waals surface area contributed by atoms with Crippen LogP contribution in [0.5, 0.6) is 5.75 Å². The third-order valence-corrected chi connectivity index (χ3v) is 3.37.